The maximum absolute atomic E-state index is 9.31. The van der Waals surface area contributed by atoms with Crippen molar-refractivity contribution in [2.75, 3.05) is 0 Å². The van der Waals surface area contributed by atoms with Gasteiger partial charge in [-0.05, 0) is 37.1 Å². The van der Waals surface area contributed by atoms with Gasteiger partial charge in [0.05, 0.1) is 11.9 Å². The predicted octanol–water partition coefficient (Wildman–Crippen LogP) is 5.12. The van der Waals surface area contributed by atoms with Crippen molar-refractivity contribution in [3.05, 3.63) is 59.8 Å². The van der Waals surface area contributed by atoms with Crippen LogP contribution in [0.4, 0.5) is 0 Å². The Morgan fingerprint density at radius 3 is 2.61 bits per heavy atom. The van der Waals surface area contributed by atoms with E-state index < -0.39 is 0 Å². The molecule has 0 radical (unpaired) electrons. The molecule has 0 aliphatic rings. The fourth-order valence-electron chi connectivity index (χ4n) is 3.14. The fourth-order valence-corrected chi connectivity index (χ4v) is 3.14. The molecule has 4 aromatic rings. The molecule has 0 amide bonds. The summed E-state index contributed by atoms with van der Waals surface area (Å²) in [6, 6.07) is 12.0. The van der Waals surface area contributed by atoms with Crippen LogP contribution in [-0.4, -0.2) is 24.6 Å². The van der Waals surface area contributed by atoms with E-state index in [4.69, 9.17) is 0 Å². The molecule has 0 aliphatic carbocycles. The Labute approximate surface area is 164 Å². The zero-order chi connectivity index (χ0) is 20.3. The number of aromatic nitrogens is 5. The van der Waals surface area contributed by atoms with Gasteiger partial charge in [0.15, 0.2) is 0 Å². The molecule has 4 rings (SSSR count). The monoisotopic (exact) mass is 372 g/mol. The number of H-pyrrole nitrogens is 1. The minimum atomic E-state index is 0.269. The molecule has 0 spiro atoms. The van der Waals surface area contributed by atoms with E-state index in [2.05, 4.69) is 40.1 Å². The van der Waals surface area contributed by atoms with Crippen LogP contribution in [0.2, 0.25) is 0 Å². The Hall–Kier alpha value is -3.46. The van der Waals surface area contributed by atoms with Crippen LogP contribution in [0.25, 0.3) is 28.2 Å². The Morgan fingerprint density at radius 2 is 1.93 bits per heavy atom. The molecule has 1 N–H and O–H groups in total. The van der Waals surface area contributed by atoms with Crippen LogP contribution in [0.15, 0.2) is 42.7 Å². The topological polar surface area (TPSA) is 82.7 Å². The predicted molar refractivity (Wildman–Crippen MR) is 111 cm³/mol. The molecule has 0 aliphatic heterocycles. The number of fused-ring (bicyclic) bond motifs is 1. The van der Waals surface area contributed by atoms with E-state index in [-0.39, 0.29) is 5.92 Å². The van der Waals surface area contributed by atoms with Gasteiger partial charge >= 0.3 is 0 Å². The van der Waals surface area contributed by atoms with E-state index in [1.54, 1.807) is 10.6 Å². The molecule has 0 atom stereocenters. The van der Waals surface area contributed by atoms with Gasteiger partial charge in [-0.3, -0.25) is 14.5 Å². The zero-order valence-corrected chi connectivity index (χ0v) is 16.9. The van der Waals surface area contributed by atoms with Gasteiger partial charge in [0.25, 0.3) is 0 Å². The lowest BCUT2D eigenvalue weighted by atomic mass is 9.97. The molecule has 0 saturated carbocycles. The first-order valence-electron chi connectivity index (χ1n) is 9.48. The maximum atomic E-state index is 9.31. The lowest BCUT2D eigenvalue weighted by molar-refractivity contribution is 0.812. The summed E-state index contributed by atoms with van der Waals surface area (Å²) in [5, 5.41) is 17.1. The summed E-state index contributed by atoms with van der Waals surface area (Å²) in [7, 11) is 0. The smallest absolute Gasteiger partial charge is 0.144 e. The van der Waals surface area contributed by atoms with E-state index in [9.17, 15) is 5.26 Å². The van der Waals surface area contributed by atoms with Gasteiger partial charge < -0.3 is 0 Å². The standard InChI is InChI=1S/C20H18N6.C2H6/c1-12(2)19-18(20(25-24-19)16-6-4-5-13(3)23-16)14-7-8-17-22-10-15(9-21)26(17)11-14;1-2/h4-8,10-12H,1-3H3,(H,24,25);1-2H3. The number of aromatic amines is 1. The van der Waals surface area contributed by atoms with Crippen molar-refractivity contribution in [3.8, 4) is 28.6 Å². The van der Waals surface area contributed by atoms with Gasteiger partial charge in [0.2, 0.25) is 0 Å². The Kier molecular flexibility index (Phi) is 5.55. The number of nitrogens with zero attached hydrogens (tertiary/aromatic N) is 5. The molecule has 0 saturated heterocycles. The quantitative estimate of drug-likeness (QED) is 0.541. The number of pyridine rings is 2. The molecule has 4 heterocycles. The normalized spacial score (nSPS) is 10.6. The van der Waals surface area contributed by atoms with E-state index in [0.717, 1.165) is 39.5 Å². The highest BCUT2D eigenvalue weighted by molar-refractivity contribution is 5.82. The lowest BCUT2D eigenvalue weighted by Gasteiger charge is -2.10. The van der Waals surface area contributed by atoms with Gasteiger partial charge in [-0.25, -0.2) is 4.98 Å². The minimum absolute atomic E-state index is 0.269. The van der Waals surface area contributed by atoms with E-state index in [0.29, 0.717) is 5.69 Å². The fraction of sp³-hybridized carbons (Fsp3) is 0.273. The summed E-state index contributed by atoms with van der Waals surface area (Å²) in [6.07, 6.45) is 3.53. The molecule has 142 valence electrons. The number of hydrogen-bond acceptors (Lipinski definition) is 4. The van der Waals surface area contributed by atoms with Gasteiger partial charge in [-0.2, -0.15) is 10.4 Å². The van der Waals surface area contributed by atoms with E-state index >= 15 is 0 Å². The number of aryl methyl sites for hydroxylation is 1. The van der Waals surface area contributed by atoms with Crippen LogP contribution in [0.5, 0.6) is 0 Å². The van der Waals surface area contributed by atoms with Crippen molar-refractivity contribution >= 4 is 5.65 Å². The van der Waals surface area contributed by atoms with Crippen molar-refractivity contribution in [1.82, 2.24) is 24.6 Å². The van der Waals surface area contributed by atoms with Crippen LogP contribution in [0.1, 0.15) is 50.7 Å². The Morgan fingerprint density at radius 1 is 1.14 bits per heavy atom. The zero-order valence-electron chi connectivity index (χ0n) is 16.9. The molecular formula is C22H24N6. The highest BCUT2D eigenvalue weighted by Crippen LogP contribution is 2.36. The van der Waals surface area contributed by atoms with Crippen molar-refractivity contribution in [2.24, 2.45) is 0 Å². The molecule has 28 heavy (non-hydrogen) atoms. The van der Waals surface area contributed by atoms with Crippen LogP contribution >= 0.6 is 0 Å². The molecule has 6 nitrogen and oxygen atoms in total. The van der Waals surface area contributed by atoms with Crippen molar-refractivity contribution in [2.45, 2.75) is 40.5 Å². The van der Waals surface area contributed by atoms with E-state index in [1.165, 1.54) is 0 Å². The second kappa shape index (κ2) is 8.05. The summed E-state index contributed by atoms with van der Waals surface area (Å²) in [5.41, 5.74) is 6.87. The first-order chi connectivity index (χ1) is 13.6. The summed E-state index contributed by atoms with van der Waals surface area (Å²) < 4.78 is 1.81. The van der Waals surface area contributed by atoms with Crippen molar-refractivity contribution < 1.29 is 0 Å². The molecule has 0 unspecified atom stereocenters. The summed E-state index contributed by atoms with van der Waals surface area (Å²) in [6.45, 7) is 10.2. The largest absolute Gasteiger partial charge is 0.291 e. The summed E-state index contributed by atoms with van der Waals surface area (Å²) in [4.78, 5) is 8.90. The number of nitrogens with one attached hydrogen (secondary N) is 1. The summed E-state index contributed by atoms with van der Waals surface area (Å²) in [5.74, 6) is 0.269. The van der Waals surface area contributed by atoms with Crippen molar-refractivity contribution in [3.63, 3.8) is 0 Å². The van der Waals surface area contributed by atoms with Gasteiger partial charge in [0, 0.05) is 28.7 Å². The number of hydrogen-bond donors (Lipinski definition) is 1. The minimum Gasteiger partial charge on any atom is -0.291 e. The second-order valence-electron chi connectivity index (χ2n) is 6.58. The molecule has 0 bridgehead atoms. The Balaban J connectivity index is 0.00000109. The third-order valence-electron chi connectivity index (χ3n) is 4.41. The number of rotatable bonds is 3. The maximum Gasteiger partial charge on any atom is 0.144 e. The first-order valence-corrected chi connectivity index (χ1v) is 9.48. The molecule has 0 fully saturated rings. The SMILES string of the molecule is CC.Cc1cccc(-c2n[nH]c(C(C)C)c2-c2ccc3ncc(C#N)n3c2)n1. The number of imidazole rings is 1. The average Bonchev–Trinajstić information content (AvgIpc) is 3.33. The highest BCUT2D eigenvalue weighted by Gasteiger charge is 2.20. The average molecular weight is 372 g/mol. The summed E-state index contributed by atoms with van der Waals surface area (Å²) >= 11 is 0. The first kappa shape index (κ1) is 19.3. The second-order valence-corrected chi connectivity index (χ2v) is 6.58. The molecule has 6 heteroatoms. The molecule has 0 aromatic carbocycles. The van der Waals surface area contributed by atoms with Gasteiger partial charge in [-0.1, -0.05) is 33.8 Å². The highest BCUT2D eigenvalue weighted by atomic mass is 15.1. The van der Waals surface area contributed by atoms with Gasteiger partial charge in [-0.15, -0.1) is 0 Å². The Bertz CT molecular complexity index is 1140. The van der Waals surface area contributed by atoms with Crippen LogP contribution < -0.4 is 0 Å². The lowest BCUT2D eigenvalue weighted by Crippen LogP contribution is -1.95. The van der Waals surface area contributed by atoms with Gasteiger partial charge in [0.1, 0.15) is 23.1 Å². The van der Waals surface area contributed by atoms with Crippen LogP contribution in [0.3, 0.4) is 0 Å². The molecule has 4 aromatic heterocycles. The van der Waals surface area contributed by atoms with E-state index in [1.807, 2.05) is 57.3 Å². The third-order valence-corrected chi connectivity index (χ3v) is 4.41. The molecular weight excluding hydrogens is 348 g/mol. The van der Waals surface area contributed by atoms with Crippen LogP contribution in [-0.2, 0) is 0 Å². The third kappa shape index (κ3) is 3.39. The number of nitriles is 1. The van der Waals surface area contributed by atoms with Crippen LogP contribution in [0, 0.1) is 18.3 Å². The van der Waals surface area contributed by atoms with Crippen molar-refractivity contribution in [1.29, 1.82) is 5.26 Å².